The lowest BCUT2D eigenvalue weighted by atomic mass is 9.95. The number of amides is 1. The third kappa shape index (κ3) is 4.97. The molecule has 7 nitrogen and oxygen atoms in total. The summed E-state index contributed by atoms with van der Waals surface area (Å²) >= 11 is 3.38. The second kappa shape index (κ2) is 10.5. The van der Waals surface area contributed by atoms with Crippen LogP contribution in [0, 0.1) is 0 Å². The molecule has 2 heterocycles. The van der Waals surface area contributed by atoms with Gasteiger partial charge in [-0.15, -0.1) is 0 Å². The number of hydrogen-bond donors (Lipinski definition) is 1. The van der Waals surface area contributed by atoms with Gasteiger partial charge in [0.2, 0.25) is 0 Å². The molecule has 0 spiro atoms. The van der Waals surface area contributed by atoms with E-state index < -0.39 is 17.7 Å². The highest BCUT2D eigenvalue weighted by Gasteiger charge is 2.45. The number of rotatable bonds is 9. The Morgan fingerprint density at radius 3 is 2.68 bits per heavy atom. The van der Waals surface area contributed by atoms with E-state index in [1.54, 1.807) is 61.1 Å². The van der Waals surface area contributed by atoms with Crippen LogP contribution in [-0.2, 0) is 16.1 Å². The minimum Gasteiger partial charge on any atom is -0.507 e. The first-order valence-electron chi connectivity index (χ1n) is 10.8. The zero-order chi connectivity index (χ0) is 24.1. The summed E-state index contributed by atoms with van der Waals surface area (Å²) in [4.78, 5) is 31.8. The quantitative estimate of drug-likeness (QED) is 0.190. The summed E-state index contributed by atoms with van der Waals surface area (Å²) in [7, 11) is 0. The van der Waals surface area contributed by atoms with Gasteiger partial charge in [0.1, 0.15) is 18.1 Å². The summed E-state index contributed by atoms with van der Waals surface area (Å²) in [6.07, 6.45) is 7.51. The zero-order valence-corrected chi connectivity index (χ0v) is 20.0. The van der Waals surface area contributed by atoms with Crippen molar-refractivity contribution in [2.75, 3.05) is 13.2 Å². The number of nitrogens with zero attached hydrogens (tertiary/aromatic N) is 3. The van der Waals surface area contributed by atoms with E-state index in [4.69, 9.17) is 4.74 Å². The molecule has 0 saturated carbocycles. The van der Waals surface area contributed by atoms with Gasteiger partial charge in [0, 0.05) is 35.5 Å². The topological polar surface area (TPSA) is 84.7 Å². The van der Waals surface area contributed by atoms with Gasteiger partial charge in [-0.2, -0.15) is 0 Å². The number of benzene rings is 2. The van der Waals surface area contributed by atoms with Crippen LogP contribution in [0.4, 0.5) is 0 Å². The molecule has 1 saturated heterocycles. The maximum atomic E-state index is 13.2. The highest BCUT2D eigenvalue weighted by atomic mass is 79.9. The van der Waals surface area contributed by atoms with E-state index in [0.717, 1.165) is 4.47 Å². The lowest BCUT2D eigenvalue weighted by Crippen LogP contribution is -2.31. The van der Waals surface area contributed by atoms with Gasteiger partial charge in [0.05, 0.1) is 17.9 Å². The molecule has 0 unspecified atom stereocenters. The molecule has 0 bridgehead atoms. The van der Waals surface area contributed by atoms with Crippen LogP contribution in [0.2, 0.25) is 0 Å². The fourth-order valence-electron chi connectivity index (χ4n) is 3.99. The van der Waals surface area contributed by atoms with Gasteiger partial charge in [-0.25, -0.2) is 4.98 Å². The van der Waals surface area contributed by atoms with E-state index in [-0.39, 0.29) is 11.3 Å². The van der Waals surface area contributed by atoms with Crippen LogP contribution in [-0.4, -0.2) is 44.4 Å². The minimum absolute atomic E-state index is 0.0656. The monoisotopic (exact) mass is 521 g/mol. The average molecular weight is 522 g/mol. The fraction of sp³-hybridized carbons (Fsp3) is 0.192. The predicted octanol–water partition coefficient (Wildman–Crippen LogP) is 4.72. The van der Waals surface area contributed by atoms with Crippen molar-refractivity contribution < 1.29 is 19.4 Å². The molecular weight excluding hydrogens is 498 g/mol. The van der Waals surface area contributed by atoms with E-state index in [0.29, 0.717) is 43.0 Å². The summed E-state index contributed by atoms with van der Waals surface area (Å²) in [5.74, 6) is -0.951. The molecule has 3 aromatic rings. The van der Waals surface area contributed by atoms with Crippen LogP contribution in [0.3, 0.4) is 0 Å². The highest BCUT2D eigenvalue weighted by Crippen LogP contribution is 2.40. The number of imidazole rings is 1. The number of carbonyl (C=O) groups is 2. The predicted molar refractivity (Wildman–Crippen MR) is 132 cm³/mol. The Hall–Kier alpha value is -3.65. The van der Waals surface area contributed by atoms with Gasteiger partial charge in [0.25, 0.3) is 11.7 Å². The maximum Gasteiger partial charge on any atom is 0.295 e. The minimum atomic E-state index is -0.737. The smallest absolute Gasteiger partial charge is 0.295 e. The summed E-state index contributed by atoms with van der Waals surface area (Å²) in [5.41, 5.74) is 1.21. The molecule has 0 radical (unpaired) electrons. The van der Waals surface area contributed by atoms with Crippen molar-refractivity contribution in [3.63, 3.8) is 0 Å². The first kappa shape index (κ1) is 23.5. The molecule has 1 aliphatic rings. The number of aliphatic hydroxyl groups is 1. The van der Waals surface area contributed by atoms with Gasteiger partial charge in [0.15, 0.2) is 0 Å². The van der Waals surface area contributed by atoms with Crippen molar-refractivity contribution in [1.82, 2.24) is 14.5 Å². The molecule has 1 fully saturated rings. The average Bonchev–Trinajstić information content (AvgIpc) is 3.45. The standard InChI is InChI=1S/C26H24BrN3O4/c1-2-15-34-21-6-3-5-19(16-21)23-22(24(31)18-7-9-20(27)10-8-18)25(32)26(33)30(23)13-4-12-29-14-11-28-17-29/h2-3,5-11,14,16-17,23,31H,1,4,12-13,15H2/t23-/m1/s1. The number of aryl methyl sites for hydroxylation is 1. The number of aromatic nitrogens is 2. The number of ether oxygens (including phenoxy) is 1. The first-order valence-corrected chi connectivity index (χ1v) is 11.6. The number of aliphatic hydroxyl groups excluding tert-OH is 1. The molecule has 1 atom stereocenters. The van der Waals surface area contributed by atoms with Crippen molar-refractivity contribution in [3.05, 3.63) is 101 Å². The van der Waals surface area contributed by atoms with E-state index in [2.05, 4.69) is 27.5 Å². The van der Waals surface area contributed by atoms with E-state index >= 15 is 0 Å². The summed E-state index contributed by atoms with van der Waals surface area (Å²) in [6, 6.07) is 13.4. The molecule has 0 aliphatic carbocycles. The molecule has 1 N–H and O–H groups in total. The molecule has 174 valence electrons. The number of Topliss-reactive ketones (excluding diaryl/α,β-unsaturated/α-hetero) is 1. The molecule has 1 amide bonds. The van der Waals surface area contributed by atoms with Crippen LogP contribution >= 0.6 is 15.9 Å². The van der Waals surface area contributed by atoms with Crippen molar-refractivity contribution >= 4 is 33.4 Å². The normalized spacial score (nSPS) is 17.2. The molecule has 1 aliphatic heterocycles. The molecule has 2 aromatic carbocycles. The Morgan fingerprint density at radius 1 is 1.18 bits per heavy atom. The van der Waals surface area contributed by atoms with Gasteiger partial charge < -0.3 is 19.3 Å². The van der Waals surface area contributed by atoms with Gasteiger partial charge in [-0.1, -0.05) is 52.9 Å². The Labute approximate surface area is 206 Å². The van der Waals surface area contributed by atoms with Gasteiger partial charge >= 0.3 is 0 Å². The summed E-state index contributed by atoms with van der Waals surface area (Å²) < 4.78 is 8.42. The van der Waals surface area contributed by atoms with Crippen LogP contribution < -0.4 is 4.74 Å². The Kier molecular flexibility index (Phi) is 7.27. The first-order chi connectivity index (χ1) is 16.5. The molecule has 1 aromatic heterocycles. The van der Waals surface area contributed by atoms with Crippen molar-refractivity contribution in [2.45, 2.75) is 19.0 Å². The third-order valence-corrected chi connectivity index (χ3v) is 6.10. The fourth-order valence-corrected chi connectivity index (χ4v) is 4.26. The Balaban J connectivity index is 1.73. The molecule has 34 heavy (non-hydrogen) atoms. The van der Waals surface area contributed by atoms with Crippen LogP contribution in [0.25, 0.3) is 5.76 Å². The Morgan fingerprint density at radius 2 is 1.97 bits per heavy atom. The Bertz CT molecular complexity index is 1220. The molecule has 4 rings (SSSR count). The molecular formula is C26H24BrN3O4. The second-order valence-electron chi connectivity index (χ2n) is 7.83. The lowest BCUT2D eigenvalue weighted by Gasteiger charge is -2.25. The van der Waals surface area contributed by atoms with Gasteiger partial charge in [-0.05, 0) is 36.2 Å². The van der Waals surface area contributed by atoms with Crippen LogP contribution in [0.15, 0.2) is 90.0 Å². The number of hydrogen-bond acceptors (Lipinski definition) is 5. The number of ketones is 1. The van der Waals surface area contributed by atoms with Gasteiger partial charge in [-0.3, -0.25) is 9.59 Å². The van der Waals surface area contributed by atoms with E-state index in [9.17, 15) is 14.7 Å². The molecule has 8 heteroatoms. The number of carbonyl (C=O) groups excluding carboxylic acids is 2. The summed E-state index contributed by atoms with van der Waals surface area (Å²) in [6.45, 7) is 4.97. The van der Waals surface area contributed by atoms with E-state index in [1.165, 1.54) is 4.90 Å². The maximum absolute atomic E-state index is 13.2. The third-order valence-electron chi connectivity index (χ3n) is 5.57. The largest absolute Gasteiger partial charge is 0.507 e. The van der Waals surface area contributed by atoms with E-state index in [1.807, 2.05) is 16.8 Å². The number of halogens is 1. The SMILES string of the molecule is C=CCOc1cccc([C@@H]2C(=C(O)c3ccc(Br)cc3)C(=O)C(=O)N2CCCn2ccnc2)c1. The highest BCUT2D eigenvalue weighted by molar-refractivity contribution is 9.10. The van der Waals surface area contributed by atoms with Crippen LogP contribution in [0.1, 0.15) is 23.6 Å². The summed E-state index contributed by atoms with van der Waals surface area (Å²) in [5, 5.41) is 11.1. The van der Waals surface area contributed by atoms with Crippen molar-refractivity contribution in [3.8, 4) is 5.75 Å². The van der Waals surface area contributed by atoms with Crippen molar-refractivity contribution in [1.29, 1.82) is 0 Å². The second-order valence-corrected chi connectivity index (χ2v) is 8.74. The van der Waals surface area contributed by atoms with Crippen molar-refractivity contribution in [2.24, 2.45) is 0 Å². The lowest BCUT2D eigenvalue weighted by molar-refractivity contribution is -0.139. The zero-order valence-electron chi connectivity index (χ0n) is 18.4. The number of likely N-dealkylation sites (tertiary alicyclic amines) is 1. The van der Waals surface area contributed by atoms with Crippen LogP contribution in [0.5, 0.6) is 5.75 Å².